The van der Waals surface area contributed by atoms with Crippen LogP contribution in [-0.4, -0.2) is 42.1 Å². The monoisotopic (exact) mass is 358 g/mol. The molecule has 0 aliphatic carbocycles. The van der Waals surface area contributed by atoms with Crippen molar-refractivity contribution in [3.8, 4) is 0 Å². The van der Waals surface area contributed by atoms with Crippen LogP contribution in [0.4, 0.5) is 16.0 Å². The molecule has 6 nitrogen and oxygen atoms in total. The van der Waals surface area contributed by atoms with E-state index in [0.29, 0.717) is 19.8 Å². The number of benzene rings is 1. The van der Waals surface area contributed by atoms with E-state index in [0.717, 1.165) is 49.0 Å². The number of anilines is 2. The van der Waals surface area contributed by atoms with Gasteiger partial charge in [-0.1, -0.05) is 12.1 Å². The molecule has 2 aliphatic rings. The molecule has 7 heteroatoms. The average Bonchev–Trinajstić information content (AvgIpc) is 3.09. The predicted octanol–water partition coefficient (Wildman–Crippen LogP) is 2.88. The number of halogens is 1. The summed E-state index contributed by atoms with van der Waals surface area (Å²) in [4.78, 5) is 11.3. The van der Waals surface area contributed by atoms with Gasteiger partial charge >= 0.3 is 0 Å². The second kappa shape index (κ2) is 7.17. The van der Waals surface area contributed by atoms with Gasteiger partial charge in [0.2, 0.25) is 0 Å². The van der Waals surface area contributed by atoms with E-state index in [9.17, 15) is 4.39 Å². The summed E-state index contributed by atoms with van der Waals surface area (Å²) in [5, 5.41) is 3.30. The van der Waals surface area contributed by atoms with E-state index in [1.54, 1.807) is 12.1 Å². The van der Waals surface area contributed by atoms with Crippen molar-refractivity contribution in [3.05, 3.63) is 47.5 Å². The number of aryl methyl sites for hydroxylation is 1. The SMILES string of the molecule is Cc1nc(NCc2ccc(F)cc2)cc(N2CCC3(CC2)OCCO3)n1. The normalized spacial score (nSPS) is 19.1. The zero-order chi connectivity index (χ0) is 18.0. The molecule has 0 bridgehead atoms. The summed E-state index contributed by atoms with van der Waals surface area (Å²) >= 11 is 0. The Morgan fingerprint density at radius 3 is 2.50 bits per heavy atom. The van der Waals surface area contributed by atoms with Crippen molar-refractivity contribution in [1.29, 1.82) is 0 Å². The van der Waals surface area contributed by atoms with Gasteiger partial charge < -0.3 is 19.7 Å². The highest BCUT2D eigenvalue weighted by Crippen LogP contribution is 2.33. The van der Waals surface area contributed by atoms with Gasteiger partial charge in [-0.25, -0.2) is 14.4 Å². The number of rotatable bonds is 4. The first-order valence-electron chi connectivity index (χ1n) is 8.99. The molecule has 3 heterocycles. The van der Waals surface area contributed by atoms with Crippen molar-refractivity contribution in [2.75, 3.05) is 36.5 Å². The van der Waals surface area contributed by atoms with E-state index in [1.165, 1.54) is 12.1 Å². The Balaban J connectivity index is 1.42. The third-order valence-electron chi connectivity index (χ3n) is 4.87. The van der Waals surface area contributed by atoms with E-state index in [1.807, 2.05) is 13.0 Å². The minimum Gasteiger partial charge on any atom is -0.366 e. The smallest absolute Gasteiger partial charge is 0.171 e. The fraction of sp³-hybridized carbons (Fsp3) is 0.474. The maximum Gasteiger partial charge on any atom is 0.171 e. The van der Waals surface area contributed by atoms with Crippen LogP contribution in [0, 0.1) is 12.7 Å². The highest BCUT2D eigenvalue weighted by Gasteiger charge is 2.40. The van der Waals surface area contributed by atoms with E-state index >= 15 is 0 Å². The molecule has 2 aromatic rings. The van der Waals surface area contributed by atoms with Crippen molar-refractivity contribution < 1.29 is 13.9 Å². The summed E-state index contributed by atoms with van der Waals surface area (Å²) in [5.74, 6) is 1.78. The number of hydrogen-bond acceptors (Lipinski definition) is 6. The molecule has 2 saturated heterocycles. The van der Waals surface area contributed by atoms with Gasteiger partial charge in [0.1, 0.15) is 23.3 Å². The lowest BCUT2D eigenvalue weighted by molar-refractivity contribution is -0.169. The first-order valence-corrected chi connectivity index (χ1v) is 8.99. The van der Waals surface area contributed by atoms with Gasteiger partial charge in [0.15, 0.2) is 5.79 Å². The second-order valence-electron chi connectivity index (χ2n) is 6.73. The standard InChI is InChI=1S/C19H23FN4O2/c1-14-22-17(21-13-15-2-4-16(20)5-3-15)12-18(23-14)24-8-6-19(7-9-24)25-10-11-26-19/h2-5,12H,6-11,13H2,1H3,(H,21,22,23). The van der Waals surface area contributed by atoms with E-state index < -0.39 is 0 Å². The zero-order valence-corrected chi connectivity index (χ0v) is 14.9. The molecule has 2 fully saturated rings. The molecule has 4 rings (SSSR count). The highest BCUT2D eigenvalue weighted by molar-refractivity contribution is 5.50. The van der Waals surface area contributed by atoms with Crippen LogP contribution in [0.1, 0.15) is 24.2 Å². The topological polar surface area (TPSA) is 59.5 Å². The van der Waals surface area contributed by atoms with Crippen LogP contribution in [-0.2, 0) is 16.0 Å². The summed E-state index contributed by atoms with van der Waals surface area (Å²) in [7, 11) is 0. The molecular weight excluding hydrogens is 335 g/mol. The van der Waals surface area contributed by atoms with Gasteiger partial charge in [-0.2, -0.15) is 0 Å². The summed E-state index contributed by atoms with van der Waals surface area (Å²) in [6.45, 7) is 5.53. The van der Waals surface area contributed by atoms with Gasteiger partial charge in [-0.15, -0.1) is 0 Å². The summed E-state index contributed by atoms with van der Waals surface area (Å²) in [6, 6.07) is 8.42. The Hall–Kier alpha value is -2.25. The molecule has 0 saturated carbocycles. The van der Waals surface area contributed by atoms with E-state index in [4.69, 9.17) is 9.47 Å². The maximum absolute atomic E-state index is 13.0. The van der Waals surface area contributed by atoms with E-state index in [-0.39, 0.29) is 11.6 Å². The number of ether oxygens (including phenoxy) is 2. The van der Waals surface area contributed by atoms with Crippen molar-refractivity contribution in [2.45, 2.75) is 32.1 Å². The minimum atomic E-state index is -0.387. The van der Waals surface area contributed by atoms with Crippen molar-refractivity contribution >= 4 is 11.6 Å². The van der Waals surface area contributed by atoms with Crippen LogP contribution >= 0.6 is 0 Å². The summed E-state index contributed by atoms with van der Waals surface area (Å²) < 4.78 is 24.6. The third kappa shape index (κ3) is 3.78. The molecule has 1 aromatic heterocycles. The Labute approximate surface area is 152 Å². The van der Waals surface area contributed by atoms with Gasteiger partial charge in [0.05, 0.1) is 13.2 Å². The quantitative estimate of drug-likeness (QED) is 0.907. The van der Waals surface area contributed by atoms with Gasteiger partial charge in [-0.3, -0.25) is 0 Å². The van der Waals surface area contributed by atoms with E-state index in [2.05, 4.69) is 20.2 Å². The van der Waals surface area contributed by atoms with Crippen LogP contribution in [0.3, 0.4) is 0 Å². The largest absolute Gasteiger partial charge is 0.366 e. The van der Waals surface area contributed by atoms with Crippen LogP contribution < -0.4 is 10.2 Å². The van der Waals surface area contributed by atoms with Gasteiger partial charge in [0.25, 0.3) is 0 Å². The molecule has 0 atom stereocenters. The zero-order valence-electron chi connectivity index (χ0n) is 14.9. The fourth-order valence-electron chi connectivity index (χ4n) is 3.46. The Morgan fingerprint density at radius 2 is 1.81 bits per heavy atom. The number of nitrogens with one attached hydrogen (secondary N) is 1. The molecule has 2 aliphatic heterocycles. The first-order chi connectivity index (χ1) is 12.6. The van der Waals surface area contributed by atoms with Crippen molar-refractivity contribution in [3.63, 3.8) is 0 Å². The molecule has 26 heavy (non-hydrogen) atoms. The lowest BCUT2D eigenvalue weighted by atomic mass is 10.0. The van der Waals surface area contributed by atoms with Crippen LogP contribution in [0.5, 0.6) is 0 Å². The van der Waals surface area contributed by atoms with Crippen molar-refractivity contribution in [2.24, 2.45) is 0 Å². The number of hydrogen-bond donors (Lipinski definition) is 1. The maximum atomic E-state index is 13.0. The van der Waals surface area contributed by atoms with Crippen LogP contribution in [0.15, 0.2) is 30.3 Å². The molecule has 1 N–H and O–H groups in total. The minimum absolute atomic E-state index is 0.230. The Kier molecular flexibility index (Phi) is 4.74. The number of aromatic nitrogens is 2. The molecule has 1 spiro atoms. The average molecular weight is 358 g/mol. The Morgan fingerprint density at radius 1 is 1.12 bits per heavy atom. The molecule has 0 radical (unpaired) electrons. The lowest BCUT2D eigenvalue weighted by Gasteiger charge is -2.38. The van der Waals surface area contributed by atoms with Crippen LogP contribution in [0.2, 0.25) is 0 Å². The highest BCUT2D eigenvalue weighted by atomic mass is 19.1. The second-order valence-corrected chi connectivity index (χ2v) is 6.73. The molecule has 0 amide bonds. The number of nitrogens with zero attached hydrogens (tertiary/aromatic N) is 3. The molecule has 0 unspecified atom stereocenters. The molecule has 1 aromatic carbocycles. The Bertz CT molecular complexity index is 753. The molecular formula is C19H23FN4O2. The summed E-state index contributed by atoms with van der Waals surface area (Å²) in [5.41, 5.74) is 1.000. The predicted molar refractivity (Wildman–Crippen MR) is 96.6 cm³/mol. The lowest BCUT2D eigenvalue weighted by Crippen LogP contribution is -2.45. The van der Waals surface area contributed by atoms with Crippen molar-refractivity contribution in [1.82, 2.24) is 9.97 Å². The molecule has 138 valence electrons. The van der Waals surface area contributed by atoms with Gasteiger partial charge in [0, 0.05) is 38.5 Å². The fourth-order valence-corrected chi connectivity index (χ4v) is 3.46. The first kappa shape index (κ1) is 17.2. The number of piperidine rings is 1. The van der Waals surface area contributed by atoms with Crippen LogP contribution in [0.25, 0.3) is 0 Å². The third-order valence-corrected chi connectivity index (χ3v) is 4.87. The van der Waals surface area contributed by atoms with Gasteiger partial charge in [-0.05, 0) is 24.6 Å². The summed E-state index contributed by atoms with van der Waals surface area (Å²) in [6.07, 6.45) is 1.68.